The fourth-order valence-electron chi connectivity index (χ4n) is 6.83. The van der Waals surface area contributed by atoms with Crippen LogP contribution in [0.2, 0.25) is 0 Å². The zero-order chi connectivity index (χ0) is 31.9. The summed E-state index contributed by atoms with van der Waals surface area (Å²) in [6.45, 7) is 0. The Hall–Kier alpha value is -5.96. The summed E-state index contributed by atoms with van der Waals surface area (Å²) in [5.41, 5.74) is 10.8. The average molecular weight is 630 g/mol. The van der Waals surface area contributed by atoms with Gasteiger partial charge in [0.15, 0.2) is 0 Å². The first-order valence-electron chi connectivity index (χ1n) is 16.3. The molecule has 1 heterocycles. The SMILES string of the molecule is c1ccc(-c2ccc(N(c3ccc(-c4ccccc4)cc3)c3ccc4cc(-c5cccc6c5sc5ccccc56)ccc4c3)cc2)cc1. The van der Waals surface area contributed by atoms with Gasteiger partial charge in [-0.3, -0.25) is 0 Å². The number of fused-ring (bicyclic) bond motifs is 4. The molecule has 0 aliphatic rings. The van der Waals surface area contributed by atoms with Crippen LogP contribution in [0.1, 0.15) is 0 Å². The van der Waals surface area contributed by atoms with Crippen LogP contribution in [-0.4, -0.2) is 0 Å². The third-order valence-electron chi connectivity index (χ3n) is 9.26. The number of rotatable bonds is 6. The molecule has 0 amide bonds. The van der Waals surface area contributed by atoms with Crippen LogP contribution in [0, 0.1) is 0 Å². The lowest BCUT2D eigenvalue weighted by Gasteiger charge is -2.26. The fourth-order valence-corrected chi connectivity index (χ4v) is 8.07. The molecule has 48 heavy (non-hydrogen) atoms. The molecule has 2 heteroatoms. The molecule has 0 saturated heterocycles. The van der Waals surface area contributed by atoms with Gasteiger partial charge in [-0.25, -0.2) is 0 Å². The molecule has 0 bridgehead atoms. The Labute approximate surface area is 284 Å². The van der Waals surface area contributed by atoms with Crippen molar-refractivity contribution >= 4 is 59.3 Å². The van der Waals surface area contributed by atoms with E-state index in [0.717, 1.165) is 17.1 Å². The number of anilines is 3. The number of nitrogens with zero attached hydrogens (tertiary/aromatic N) is 1. The first-order chi connectivity index (χ1) is 23.8. The summed E-state index contributed by atoms with van der Waals surface area (Å²) in [5, 5.41) is 5.11. The van der Waals surface area contributed by atoms with E-state index in [1.807, 2.05) is 11.3 Å². The van der Waals surface area contributed by atoms with Crippen molar-refractivity contribution < 1.29 is 0 Å². The molecule has 1 nitrogen and oxygen atoms in total. The van der Waals surface area contributed by atoms with Crippen LogP contribution in [0.15, 0.2) is 188 Å². The molecule has 0 unspecified atom stereocenters. The molecule has 0 aliphatic carbocycles. The maximum Gasteiger partial charge on any atom is 0.0468 e. The second kappa shape index (κ2) is 12.0. The number of hydrogen-bond donors (Lipinski definition) is 0. The van der Waals surface area contributed by atoms with E-state index >= 15 is 0 Å². The maximum absolute atomic E-state index is 2.36. The molecule has 0 spiro atoms. The van der Waals surface area contributed by atoms with E-state index in [4.69, 9.17) is 0 Å². The largest absolute Gasteiger partial charge is 0.310 e. The van der Waals surface area contributed by atoms with Crippen molar-refractivity contribution in [1.82, 2.24) is 0 Å². The second-order valence-corrected chi connectivity index (χ2v) is 13.2. The lowest BCUT2D eigenvalue weighted by atomic mass is 9.99. The zero-order valence-electron chi connectivity index (χ0n) is 26.3. The Balaban J connectivity index is 1.12. The molecule has 9 aromatic rings. The van der Waals surface area contributed by atoms with Crippen molar-refractivity contribution in [2.45, 2.75) is 0 Å². The Morgan fingerprint density at radius 1 is 0.333 bits per heavy atom. The highest BCUT2D eigenvalue weighted by molar-refractivity contribution is 7.26. The molecular formula is C46H31NS. The van der Waals surface area contributed by atoms with Crippen molar-refractivity contribution in [2.75, 3.05) is 4.90 Å². The minimum atomic E-state index is 1.12. The lowest BCUT2D eigenvalue weighted by Crippen LogP contribution is -2.09. The monoisotopic (exact) mass is 629 g/mol. The number of hydrogen-bond acceptors (Lipinski definition) is 2. The highest BCUT2D eigenvalue weighted by Crippen LogP contribution is 2.42. The Bertz CT molecular complexity index is 2450. The molecule has 1 aromatic heterocycles. The first-order valence-corrected chi connectivity index (χ1v) is 17.2. The van der Waals surface area contributed by atoms with Crippen LogP contribution in [0.4, 0.5) is 17.1 Å². The predicted molar refractivity (Wildman–Crippen MR) is 208 cm³/mol. The molecule has 0 N–H and O–H groups in total. The normalized spacial score (nSPS) is 11.3. The number of benzene rings is 8. The summed E-state index contributed by atoms with van der Waals surface area (Å²) in [6.07, 6.45) is 0. The summed E-state index contributed by atoms with van der Waals surface area (Å²) in [7, 11) is 0. The quantitative estimate of drug-likeness (QED) is 0.177. The van der Waals surface area contributed by atoms with E-state index in [-0.39, 0.29) is 0 Å². The van der Waals surface area contributed by atoms with Gasteiger partial charge in [-0.2, -0.15) is 0 Å². The zero-order valence-corrected chi connectivity index (χ0v) is 27.1. The van der Waals surface area contributed by atoms with Gasteiger partial charge in [0.25, 0.3) is 0 Å². The Kier molecular flexibility index (Phi) is 7.07. The minimum Gasteiger partial charge on any atom is -0.310 e. The smallest absolute Gasteiger partial charge is 0.0468 e. The van der Waals surface area contributed by atoms with Crippen LogP contribution in [0.25, 0.3) is 64.3 Å². The summed E-state index contributed by atoms with van der Waals surface area (Å²) in [5.74, 6) is 0. The van der Waals surface area contributed by atoms with E-state index in [2.05, 4.69) is 193 Å². The fraction of sp³-hybridized carbons (Fsp3) is 0. The van der Waals surface area contributed by atoms with Crippen LogP contribution in [-0.2, 0) is 0 Å². The molecule has 0 saturated carbocycles. The molecule has 9 rings (SSSR count). The van der Waals surface area contributed by atoms with Gasteiger partial charge < -0.3 is 4.90 Å². The van der Waals surface area contributed by atoms with E-state index in [1.165, 1.54) is 64.3 Å². The average Bonchev–Trinajstić information content (AvgIpc) is 3.55. The topological polar surface area (TPSA) is 3.24 Å². The van der Waals surface area contributed by atoms with Gasteiger partial charge in [-0.1, -0.05) is 140 Å². The third kappa shape index (κ3) is 5.13. The molecule has 0 atom stereocenters. The van der Waals surface area contributed by atoms with Gasteiger partial charge >= 0.3 is 0 Å². The molecule has 8 aromatic carbocycles. The first kappa shape index (κ1) is 28.3. The van der Waals surface area contributed by atoms with Crippen LogP contribution in [0.3, 0.4) is 0 Å². The van der Waals surface area contributed by atoms with E-state index in [9.17, 15) is 0 Å². The molecule has 226 valence electrons. The van der Waals surface area contributed by atoms with Gasteiger partial charge in [0, 0.05) is 37.2 Å². The third-order valence-corrected chi connectivity index (χ3v) is 10.5. The van der Waals surface area contributed by atoms with E-state index < -0.39 is 0 Å². The Morgan fingerprint density at radius 3 is 1.50 bits per heavy atom. The molecule has 0 fully saturated rings. The van der Waals surface area contributed by atoms with Gasteiger partial charge in [0.05, 0.1) is 0 Å². The van der Waals surface area contributed by atoms with E-state index in [0.29, 0.717) is 0 Å². The predicted octanol–water partition coefficient (Wildman–Crippen LogP) is 13.7. The van der Waals surface area contributed by atoms with Crippen molar-refractivity contribution in [1.29, 1.82) is 0 Å². The summed E-state index contributed by atoms with van der Waals surface area (Å²) in [4.78, 5) is 2.36. The van der Waals surface area contributed by atoms with E-state index in [1.54, 1.807) is 0 Å². The summed E-state index contributed by atoms with van der Waals surface area (Å²) >= 11 is 1.88. The molecule has 0 radical (unpaired) electrons. The van der Waals surface area contributed by atoms with Crippen LogP contribution >= 0.6 is 11.3 Å². The van der Waals surface area contributed by atoms with Gasteiger partial charge in [-0.05, 0) is 92.7 Å². The van der Waals surface area contributed by atoms with Gasteiger partial charge in [0.1, 0.15) is 0 Å². The maximum atomic E-state index is 2.36. The lowest BCUT2D eigenvalue weighted by molar-refractivity contribution is 1.29. The van der Waals surface area contributed by atoms with Crippen molar-refractivity contribution in [2.24, 2.45) is 0 Å². The second-order valence-electron chi connectivity index (χ2n) is 12.2. The van der Waals surface area contributed by atoms with Crippen LogP contribution < -0.4 is 4.90 Å². The van der Waals surface area contributed by atoms with Crippen molar-refractivity contribution in [3.05, 3.63) is 188 Å². The van der Waals surface area contributed by atoms with Crippen molar-refractivity contribution in [3.8, 4) is 33.4 Å². The number of thiophene rings is 1. The highest BCUT2D eigenvalue weighted by atomic mass is 32.1. The highest BCUT2D eigenvalue weighted by Gasteiger charge is 2.15. The van der Waals surface area contributed by atoms with Crippen molar-refractivity contribution in [3.63, 3.8) is 0 Å². The summed E-state index contributed by atoms with van der Waals surface area (Å²) < 4.78 is 2.68. The van der Waals surface area contributed by atoms with Gasteiger partial charge in [-0.15, -0.1) is 11.3 Å². The Morgan fingerprint density at radius 2 is 0.833 bits per heavy atom. The minimum absolute atomic E-state index is 1.12. The molecular weight excluding hydrogens is 599 g/mol. The van der Waals surface area contributed by atoms with Crippen LogP contribution in [0.5, 0.6) is 0 Å². The van der Waals surface area contributed by atoms with Gasteiger partial charge in [0.2, 0.25) is 0 Å². The standard InChI is InChI=1S/C46H31NS/c1-3-10-32(11-4-1)34-20-25-39(26-21-34)47(40-27-22-35(23-28-40)33-12-5-2-6-13-33)41-29-24-36-30-38(19-18-37(36)31-41)42-15-9-16-44-43-14-7-8-17-45(43)48-46(42)44/h1-31H. The summed E-state index contributed by atoms with van der Waals surface area (Å²) in [6, 6.07) is 68.1. The molecule has 0 aliphatic heterocycles.